The average molecular weight is 327 g/mol. The number of fused-ring (bicyclic) bond motifs is 2. The first-order valence-corrected chi connectivity index (χ1v) is 7.88. The molecular formula is C16H17N5O3. The molecule has 1 N–H and O–H groups in total. The standard InChI is InChI=1S/C16H17N5O3/c1-10-18-19-14-7-6-11(8-20(10)14)17-15(22)9-21-12-4-2-3-5-13(12)24-16(21)23/h2-5,11H,6-9H2,1H3,(H,17,22)/t11-/m0/s1. The minimum atomic E-state index is -0.521. The van der Waals surface area contributed by atoms with E-state index in [0.29, 0.717) is 17.6 Å². The number of oxazole rings is 1. The Morgan fingerprint density at radius 3 is 3.08 bits per heavy atom. The number of hydrogen-bond donors (Lipinski definition) is 1. The van der Waals surface area contributed by atoms with Crippen molar-refractivity contribution < 1.29 is 9.21 Å². The number of benzene rings is 1. The van der Waals surface area contributed by atoms with E-state index in [0.717, 1.165) is 24.5 Å². The van der Waals surface area contributed by atoms with Gasteiger partial charge in [-0.25, -0.2) is 4.79 Å². The van der Waals surface area contributed by atoms with Crippen LogP contribution in [0.25, 0.3) is 11.1 Å². The molecular weight excluding hydrogens is 310 g/mol. The van der Waals surface area contributed by atoms with Crippen LogP contribution in [0.15, 0.2) is 33.5 Å². The summed E-state index contributed by atoms with van der Waals surface area (Å²) in [5.74, 6) is 1.07. The third-order valence-corrected chi connectivity index (χ3v) is 4.37. The second-order valence-corrected chi connectivity index (χ2v) is 6.00. The molecule has 0 saturated carbocycles. The molecule has 24 heavy (non-hydrogen) atoms. The zero-order valence-corrected chi connectivity index (χ0v) is 13.2. The number of amides is 1. The number of para-hydroxylation sites is 2. The Balaban J connectivity index is 1.48. The topological polar surface area (TPSA) is 95.0 Å². The van der Waals surface area contributed by atoms with Gasteiger partial charge >= 0.3 is 5.76 Å². The first-order valence-electron chi connectivity index (χ1n) is 7.88. The minimum absolute atomic E-state index is 0.00793. The quantitative estimate of drug-likeness (QED) is 0.761. The van der Waals surface area contributed by atoms with Gasteiger partial charge < -0.3 is 14.3 Å². The number of hydrogen-bond acceptors (Lipinski definition) is 5. The highest BCUT2D eigenvalue weighted by atomic mass is 16.4. The summed E-state index contributed by atoms with van der Waals surface area (Å²) < 4.78 is 8.52. The van der Waals surface area contributed by atoms with Gasteiger partial charge in [0.1, 0.15) is 18.2 Å². The monoisotopic (exact) mass is 327 g/mol. The Bertz CT molecular complexity index is 968. The fourth-order valence-corrected chi connectivity index (χ4v) is 3.16. The van der Waals surface area contributed by atoms with Gasteiger partial charge in [0.25, 0.3) is 0 Å². The second kappa shape index (κ2) is 5.63. The zero-order chi connectivity index (χ0) is 16.7. The number of carbonyl (C=O) groups excluding carboxylic acids is 1. The molecule has 0 fully saturated rings. The highest BCUT2D eigenvalue weighted by molar-refractivity contribution is 5.79. The van der Waals surface area contributed by atoms with Gasteiger partial charge in [0.05, 0.1) is 5.52 Å². The molecule has 0 aliphatic carbocycles. The first-order chi connectivity index (χ1) is 11.6. The summed E-state index contributed by atoms with van der Waals surface area (Å²) in [6.07, 6.45) is 1.59. The highest BCUT2D eigenvalue weighted by Crippen LogP contribution is 2.15. The van der Waals surface area contributed by atoms with Gasteiger partial charge in [-0.2, -0.15) is 0 Å². The first kappa shape index (κ1) is 14.7. The van der Waals surface area contributed by atoms with Crippen LogP contribution in [0.4, 0.5) is 0 Å². The van der Waals surface area contributed by atoms with Crippen LogP contribution >= 0.6 is 0 Å². The lowest BCUT2D eigenvalue weighted by Crippen LogP contribution is -2.43. The zero-order valence-electron chi connectivity index (χ0n) is 13.2. The van der Waals surface area contributed by atoms with E-state index in [-0.39, 0.29) is 18.5 Å². The van der Waals surface area contributed by atoms with Crippen LogP contribution < -0.4 is 11.1 Å². The third-order valence-electron chi connectivity index (χ3n) is 4.37. The van der Waals surface area contributed by atoms with E-state index in [1.54, 1.807) is 18.2 Å². The molecule has 0 saturated heterocycles. The molecule has 0 spiro atoms. The number of nitrogens with zero attached hydrogens (tertiary/aromatic N) is 4. The van der Waals surface area contributed by atoms with Gasteiger partial charge in [0, 0.05) is 19.0 Å². The van der Waals surface area contributed by atoms with E-state index in [2.05, 4.69) is 15.5 Å². The van der Waals surface area contributed by atoms with E-state index in [1.165, 1.54) is 4.57 Å². The van der Waals surface area contributed by atoms with Crippen molar-refractivity contribution in [1.82, 2.24) is 24.6 Å². The summed E-state index contributed by atoms with van der Waals surface area (Å²) >= 11 is 0. The van der Waals surface area contributed by atoms with Gasteiger partial charge in [0.2, 0.25) is 5.91 Å². The van der Waals surface area contributed by atoms with Crippen molar-refractivity contribution in [3.05, 3.63) is 46.5 Å². The number of rotatable bonds is 3. The van der Waals surface area contributed by atoms with Crippen LogP contribution in [-0.2, 0) is 24.3 Å². The smallest absolute Gasteiger partial charge is 0.408 e. The molecule has 8 nitrogen and oxygen atoms in total. The Morgan fingerprint density at radius 1 is 1.38 bits per heavy atom. The fraction of sp³-hybridized carbons (Fsp3) is 0.375. The maximum atomic E-state index is 12.4. The summed E-state index contributed by atoms with van der Waals surface area (Å²) in [6.45, 7) is 2.50. The van der Waals surface area contributed by atoms with Gasteiger partial charge in [-0.05, 0) is 25.5 Å². The molecule has 3 heterocycles. The summed E-state index contributed by atoms with van der Waals surface area (Å²) in [6, 6.07) is 7.08. The third kappa shape index (κ3) is 2.49. The van der Waals surface area contributed by atoms with Crippen molar-refractivity contribution in [2.45, 2.75) is 38.9 Å². The molecule has 124 valence electrons. The van der Waals surface area contributed by atoms with E-state index >= 15 is 0 Å². The van der Waals surface area contributed by atoms with E-state index < -0.39 is 5.76 Å². The van der Waals surface area contributed by atoms with Gasteiger partial charge in [-0.3, -0.25) is 9.36 Å². The fourth-order valence-electron chi connectivity index (χ4n) is 3.16. The lowest BCUT2D eigenvalue weighted by molar-refractivity contribution is -0.122. The largest absolute Gasteiger partial charge is 0.420 e. The summed E-state index contributed by atoms with van der Waals surface area (Å²) in [5.41, 5.74) is 1.11. The van der Waals surface area contributed by atoms with Crippen LogP contribution in [-0.4, -0.2) is 31.3 Å². The van der Waals surface area contributed by atoms with E-state index in [1.807, 2.05) is 17.6 Å². The highest BCUT2D eigenvalue weighted by Gasteiger charge is 2.23. The molecule has 1 amide bonds. The molecule has 2 aromatic heterocycles. The Kier molecular flexibility index (Phi) is 3.44. The van der Waals surface area contributed by atoms with Crippen LogP contribution in [0, 0.1) is 6.92 Å². The second-order valence-electron chi connectivity index (χ2n) is 6.00. The van der Waals surface area contributed by atoms with Crippen molar-refractivity contribution >= 4 is 17.0 Å². The van der Waals surface area contributed by atoms with E-state index in [9.17, 15) is 9.59 Å². The Hall–Kier alpha value is -2.90. The van der Waals surface area contributed by atoms with E-state index in [4.69, 9.17) is 4.42 Å². The molecule has 4 rings (SSSR count). The van der Waals surface area contributed by atoms with Crippen molar-refractivity contribution in [2.24, 2.45) is 0 Å². The number of aromatic nitrogens is 4. The Morgan fingerprint density at radius 2 is 2.21 bits per heavy atom. The molecule has 0 radical (unpaired) electrons. The van der Waals surface area contributed by atoms with Gasteiger partial charge in [0.15, 0.2) is 5.58 Å². The minimum Gasteiger partial charge on any atom is -0.408 e. The normalized spacial score (nSPS) is 17.0. The van der Waals surface area contributed by atoms with Gasteiger partial charge in [-0.15, -0.1) is 10.2 Å². The van der Waals surface area contributed by atoms with Crippen molar-refractivity contribution in [1.29, 1.82) is 0 Å². The number of carbonyl (C=O) groups is 1. The summed E-state index contributed by atoms with van der Waals surface area (Å²) in [5, 5.41) is 11.2. The maximum Gasteiger partial charge on any atom is 0.420 e. The number of aryl methyl sites for hydroxylation is 2. The predicted molar refractivity (Wildman–Crippen MR) is 85.5 cm³/mol. The Labute approximate surface area is 137 Å². The number of nitrogens with one attached hydrogen (secondary N) is 1. The molecule has 3 aromatic rings. The maximum absolute atomic E-state index is 12.4. The molecule has 0 bridgehead atoms. The van der Waals surface area contributed by atoms with Gasteiger partial charge in [-0.1, -0.05) is 12.1 Å². The molecule has 1 aromatic carbocycles. The van der Waals surface area contributed by atoms with Crippen molar-refractivity contribution in [2.75, 3.05) is 0 Å². The lowest BCUT2D eigenvalue weighted by atomic mass is 10.1. The summed E-state index contributed by atoms with van der Waals surface area (Å²) in [7, 11) is 0. The SMILES string of the molecule is Cc1nnc2n1C[C@@H](NC(=O)Cn1c(=O)oc3ccccc31)CC2. The molecule has 0 unspecified atom stereocenters. The summed E-state index contributed by atoms with van der Waals surface area (Å²) in [4.78, 5) is 24.3. The molecule has 8 heteroatoms. The predicted octanol–water partition coefficient (Wildman–Crippen LogP) is 0.626. The lowest BCUT2D eigenvalue weighted by Gasteiger charge is -2.24. The van der Waals surface area contributed by atoms with Crippen LogP contribution in [0.5, 0.6) is 0 Å². The molecule has 1 atom stereocenters. The van der Waals surface area contributed by atoms with Crippen molar-refractivity contribution in [3.8, 4) is 0 Å². The van der Waals surface area contributed by atoms with Crippen molar-refractivity contribution in [3.63, 3.8) is 0 Å². The van der Waals surface area contributed by atoms with Crippen LogP contribution in [0.3, 0.4) is 0 Å². The van der Waals surface area contributed by atoms with Crippen LogP contribution in [0.2, 0.25) is 0 Å². The van der Waals surface area contributed by atoms with Crippen LogP contribution in [0.1, 0.15) is 18.1 Å². The molecule has 1 aliphatic rings. The molecule has 1 aliphatic heterocycles. The average Bonchev–Trinajstić information content (AvgIpc) is 3.09.